The lowest BCUT2D eigenvalue weighted by Crippen LogP contribution is -2.45. The fourth-order valence-corrected chi connectivity index (χ4v) is 1.90. The van der Waals surface area contributed by atoms with Gasteiger partial charge >= 0.3 is 5.97 Å². The predicted molar refractivity (Wildman–Crippen MR) is 54.7 cm³/mol. The zero-order valence-corrected chi connectivity index (χ0v) is 8.33. The molecular weight excluding hydrogens is 194 g/mol. The third-order valence-corrected chi connectivity index (χ3v) is 2.63. The smallest absolute Gasteiger partial charge is 0.326 e. The summed E-state index contributed by atoms with van der Waals surface area (Å²) in [5.41, 5.74) is 0. The number of carboxylic acids is 1. The van der Waals surface area contributed by atoms with E-state index >= 15 is 0 Å². The minimum absolute atomic E-state index is 0.449. The van der Waals surface area contributed by atoms with Crippen molar-refractivity contribution >= 4 is 11.8 Å². The minimum Gasteiger partial charge on any atom is -0.480 e. The maximum absolute atomic E-state index is 11.0. The largest absolute Gasteiger partial charge is 0.480 e. The number of piperidine rings is 1. The molecule has 0 spiro atoms. The van der Waals surface area contributed by atoms with Crippen LogP contribution in [0.25, 0.3) is 0 Å². The number of anilines is 1. The van der Waals surface area contributed by atoms with E-state index in [1.807, 2.05) is 4.90 Å². The van der Waals surface area contributed by atoms with Crippen molar-refractivity contribution in [1.82, 2.24) is 9.97 Å². The Kier molecular flexibility index (Phi) is 2.80. The van der Waals surface area contributed by atoms with E-state index in [0.29, 0.717) is 12.2 Å². The first kappa shape index (κ1) is 9.89. The second kappa shape index (κ2) is 4.25. The van der Waals surface area contributed by atoms with Crippen molar-refractivity contribution in [2.24, 2.45) is 0 Å². The van der Waals surface area contributed by atoms with Crippen molar-refractivity contribution in [2.45, 2.75) is 25.3 Å². The van der Waals surface area contributed by atoms with E-state index in [1.165, 1.54) is 0 Å². The van der Waals surface area contributed by atoms with Gasteiger partial charge in [-0.2, -0.15) is 0 Å². The number of nitrogens with zero attached hydrogens (tertiary/aromatic N) is 3. The maximum atomic E-state index is 11.0. The van der Waals surface area contributed by atoms with Crippen LogP contribution >= 0.6 is 0 Å². The third-order valence-electron chi connectivity index (χ3n) is 2.63. The standard InChI is InChI=1S/C10H13N3O2/c14-10(15)8-3-1-2-6-13(8)9-7-11-4-5-12-9/h4-5,7-8H,1-3,6H2,(H,14,15). The molecule has 1 aliphatic heterocycles. The van der Waals surface area contributed by atoms with Gasteiger partial charge in [0.2, 0.25) is 0 Å². The van der Waals surface area contributed by atoms with E-state index in [2.05, 4.69) is 9.97 Å². The molecule has 0 bridgehead atoms. The fourth-order valence-electron chi connectivity index (χ4n) is 1.90. The summed E-state index contributed by atoms with van der Waals surface area (Å²) >= 11 is 0. The summed E-state index contributed by atoms with van der Waals surface area (Å²) in [6.45, 7) is 0.746. The summed E-state index contributed by atoms with van der Waals surface area (Å²) in [4.78, 5) is 21.0. The second-order valence-electron chi connectivity index (χ2n) is 3.61. The van der Waals surface area contributed by atoms with E-state index in [9.17, 15) is 4.79 Å². The number of aliphatic carboxylic acids is 1. The SMILES string of the molecule is O=C(O)C1CCCCN1c1cnccn1. The van der Waals surface area contributed by atoms with Gasteiger partial charge in [-0.1, -0.05) is 0 Å². The third kappa shape index (κ3) is 2.06. The maximum Gasteiger partial charge on any atom is 0.326 e. The highest BCUT2D eigenvalue weighted by atomic mass is 16.4. The van der Waals surface area contributed by atoms with Gasteiger partial charge in [0.25, 0.3) is 0 Å². The molecule has 15 heavy (non-hydrogen) atoms. The average Bonchev–Trinajstić information content (AvgIpc) is 2.30. The van der Waals surface area contributed by atoms with E-state index in [4.69, 9.17) is 5.11 Å². The topological polar surface area (TPSA) is 66.3 Å². The molecule has 1 fully saturated rings. The van der Waals surface area contributed by atoms with Crippen molar-refractivity contribution < 1.29 is 9.90 Å². The first-order valence-corrected chi connectivity index (χ1v) is 5.04. The molecule has 1 N–H and O–H groups in total. The van der Waals surface area contributed by atoms with Gasteiger partial charge in [0, 0.05) is 18.9 Å². The Morgan fingerprint density at radius 2 is 2.33 bits per heavy atom. The predicted octanol–water partition coefficient (Wildman–Crippen LogP) is 0.920. The van der Waals surface area contributed by atoms with Gasteiger partial charge < -0.3 is 10.0 Å². The monoisotopic (exact) mass is 207 g/mol. The zero-order valence-electron chi connectivity index (χ0n) is 8.33. The van der Waals surface area contributed by atoms with Gasteiger partial charge in [-0.05, 0) is 19.3 Å². The lowest BCUT2D eigenvalue weighted by Gasteiger charge is -2.33. The van der Waals surface area contributed by atoms with Gasteiger partial charge in [-0.3, -0.25) is 4.98 Å². The number of hydrogen-bond acceptors (Lipinski definition) is 4. The molecule has 2 heterocycles. The second-order valence-corrected chi connectivity index (χ2v) is 3.61. The Balaban J connectivity index is 2.22. The molecule has 2 rings (SSSR count). The van der Waals surface area contributed by atoms with Crippen LogP contribution in [0, 0.1) is 0 Å². The van der Waals surface area contributed by atoms with Crippen LogP contribution in [0.4, 0.5) is 5.82 Å². The summed E-state index contributed by atoms with van der Waals surface area (Å²) in [5.74, 6) is -0.120. The molecule has 80 valence electrons. The fraction of sp³-hybridized carbons (Fsp3) is 0.500. The Morgan fingerprint density at radius 1 is 1.47 bits per heavy atom. The van der Waals surface area contributed by atoms with Crippen molar-refractivity contribution in [2.75, 3.05) is 11.4 Å². The van der Waals surface area contributed by atoms with Gasteiger partial charge in [-0.15, -0.1) is 0 Å². The minimum atomic E-state index is -0.777. The number of hydrogen-bond donors (Lipinski definition) is 1. The highest BCUT2D eigenvalue weighted by Gasteiger charge is 2.29. The molecule has 0 aliphatic carbocycles. The Hall–Kier alpha value is -1.65. The first-order valence-electron chi connectivity index (χ1n) is 5.04. The molecule has 1 aromatic rings. The zero-order chi connectivity index (χ0) is 10.7. The van der Waals surface area contributed by atoms with Crippen LogP contribution in [0.2, 0.25) is 0 Å². The molecule has 0 amide bonds. The van der Waals surface area contributed by atoms with Gasteiger partial charge in [0.1, 0.15) is 11.9 Å². The first-order chi connectivity index (χ1) is 7.29. The van der Waals surface area contributed by atoms with Gasteiger partial charge in [0.15, 0.2) is 0 Å². The van der Waals surface area contributed by atoms with E-state index in [0.717, 1.165) is 19.4 Å². The molecule has 0 saturated carbocycles. The van der Waals surface area contributed by atoms with E-state index < -0.39 is 12.0 Å². The van der Waals surface area contributed by atoms with Crippen LogP contribution in [0.15, 0.2) is 18.6 Å². The summed E-state index contributed by atoms with van der Waals surface area (Å²) in [6.07, 6.45) is 7.45. The van der Waals surface area contributed by atoms with Crippen molar-refractivity contribution in [3.63, 3.8) is 0 Å². The molecule has 1 aliphatic rings. The highest BCUT2D eigenvalue weighted by molar-refractivity contribution is 5.77. The quantitative estimate of drug-likeness (QED) is 0.781. The number of carbonyl (C=O) groups is 1. The molecule has 1 atom stereocenters. The van der Waals surface area contributed by atoms with Crippen molar-refractivity contribution in [1.29, 1.82) is 0 Å². The Bertz CT molecular complexity index is 342. The summed E-state index contributed by atoms with van der Waals surface area (Å²) in [5, 5.41) is 9.08. The van der Waals surface area contributed by atoms with Gasteiger partial charge in [-0.25, -0.2) is 9.78 Å². The van der Waals surface area contributed by atoms with Crippen LogP contribution in [-0.4, -0.2) is 33.6 Å². The highest BCUT2D eigenvalue weighted by Crippen LogP contribution is 2.22. The summed E-state index contributed by atoms with van der Waals surface area (Å²) in [7, 11) is 0. The molecule has 0 radical (unpaired) electrons. The van der Waals surface area contributed by atoms with E-state index in [1.54, 1.807) is 18.6 Å². The Morgan fingerprint density at radius 3 is 3.00 bits per heavy atom. The van der Waals surface area contributed by atoms with Crippen LogP contribution in [0.5, 0.6) is 0 Å². The lowest BCUT2D eigenvalue weighted by atomic mass is 10.0. The Labute approximate surface area is 87.8 Å². The van der Waals surface area contributed by atoms with Crippen LogP contribution in [0.3, 0.4) is 0 Å². The van der Waals surface area contributed by atoms with Crippen LogP contribution < -0.4 is 4.90 Å². The summed E-state index contributed by atoms with van der Waals surface area (Å²) in [6, 6.07) is -0.449. The van der Waals surface area contributed by atoms with Crippen LogP contribution in [-0.2, 0) is 4.79 Å². The number of rotatable bonds is 2. The molecule has 1 aromatic heterocycles. The number of carboxylic acid groups (broad SMARTS) is 1. The summed E-state index contributed by atoms with van der Waals surface area (Å²) < 4.78 is 0. The molecule has 1 unspecified atom stereocenters. The molecule has 5 nitrogen and oxygen atoms in total. The van der Waals surface area contributed by atoms with Crippen LogP contribution in [0.1, 0.15) is 19.3 Å². The van der Waals surface area contributed by atoms with E-state index in [-0.39, 0.29) is 0 Å². The molecule has 1 saturated heterocycles. The normalized spacial score (nSPS) is 21.3. The number of aromatic nitrogens is 2. The molecule has 0 aromatic carbocycles. The van der Waals surface area contributed by atoms with Crippen molar-refractivity contribution in [3.05, 3.63) is 18.6 Å². The van der Waals surface area contributed by atoms with Crippen molar-refractivity contribution in [3.8, 4) is 0 Å². The molecule has 5 heteroatoms. The van der Waals surface area contributed by atoms with Gasteiger partial charge in [0.05, 0.1) is 6.20 Å². The lowest BCUT2D eigenvalue weighted by molar-refractivity contribution is -0.139. The average molecular weight is 207 g/mol. The molecular formula is C10H13N3O2.